The van der Waals surface area contributed by atoms with Crippen LogP contribution in [0.15, 0.2) is 12.1 Å². The summed E-state index contributed by atoms with van der Waals surface area (Å²) >= 11 is 1.42. The van der Waals surface area contributed by atoms with E-state index >= 15 is 0 Å². The summed E-state index contributed by atoms with van der Waals surface area (Å²) in [5.41, 5.74) is 0. The minimum Gasteiger partial charge on any atom is -0.453 e. The number of ketones is 1. The van der Waals surface area contributed by atoms with E-state index in [0.29, 0.717) is 17.3 Å². The van der Waals surface area contributed by atoms with E-state index < -0.39 is 12.1 Å². The van der Waals surface area contributed by atoms with Crippen molar-refractivity contribution in [2.45, 2.75) is 64.9 Å². The smallest absolute Gasteiger partial charge is 0.307 e. The predicted octanol–water partition coefficient (Wildman–Crippen LogP) is 3.65. The number of aryl methyl sites for hydroxylation is 1. The molecule has 1 atom stereocenters. The van der Waals surface area contributed by atoms with Gasteiger partial charge in [-0.15, -0.1) is 11.3 Å². The molecule has 0 radical (unpaired) electrons. The molecule has 0 aromatic carbocycles. The van der Waals surface area contributed by atoms with E-state index in [1.165, 1.54) is 30.6 Å². The van der Waals surface area contributed by atoms with Crippen molar-refractivity contribution in [3.05, 3.63) is 21.9 Å². The number of carbonyl (C=O) groups is 3. The van der Waals surface area contributed by atoms with Crippen LogP contribution >= 0.6 is 11.3 Å². The van der Waals surface area contributed by atoms with Crippen molar-refractivity contribution in [2.75, 3.05) is 6.54 Å². The van der Waals surface area contributed by atoms with Gasteiger partial charge in [-0.3, -0.25) is 14.4 Å². The number of esters is 1. The summed E-state index contributed by atoms with van der Waals surface area (Å²) in [5.74, 6) is -0.307. The molecule has 1 heterocycles. The SMILES string of the molecule is Cc1ccc(C(=O)CCC(=O)O[C@@H](C)C(=O)NCC2CCCCC2)s1. The van der Waals surface area contributed by atoms with E-state index in [1.807, 2.05) is 13.0 Å². The maximum atomic E-state index is 12.0. The summed E-state index contributed by atoms with van der Waals surface area (Å²) in [5, 5.41) is 2.87. The molecule has 5 nitrogen and oxygen atoms in total. The van der Waals surface area contributed by atoms with Crippen LogP contribution in [0.4, 0.5) is 0 Å². The summed E-state index contributed by atoms with van der Waals surface area (Å²) in [6, 6.07) is 3.66. The van der Waals surface area contributed by atoms with E-state index in [9.17, 15) is 14.4 Å². The molecule has 1 saturated carbocycles. The van der Waals surface area contributed by atoms with Gasteiger partial charge in [0.15, 0.2) is 11.9 Å². The first-order chi connectivity index (χ1) is 12.0. The molecular weight excluding hydrogens is 338 g/mol. The third-order valence-corrected chi connectivity index (χ3v) is 5.58. The second-order valence-electron chi connectivity index (χ2n) is 6.71. The Bertz CT molecular complexity index is 604. The number of Topliss-reactive ketones (excluding diaryl/α,β-unsaturated/α-hetero) is 1. The van der Waals surface area contributed by atoms with Crippen molar-refractivity contribution >= 4 is 29.0 Å². The molecule has 2 rings (SSSR count). The highest BCUT2D eigenvalue weighted by atomic mass is 32.1. The Morgan fingerprint density at radius 2 is 1.92 bits per heavy atom. The zero-order chi connectivity index (χ0) is 18.2. The van der Waals surface area contributed by atoms with Crippen LogP contribution in [-0.4, -0.2) is 30.3 Å². The molecule has 1 aliphatic rings. The van der Waals surface area contributed by atoms with Gasteiger partial charge >= 0.3 is 5.97 Å². The Morgan fingerprint density at radius 3 is 2.56 bits per heavy atom. The van der Waals surface area contributed by atoms with Gasteiger partial charge < -0.3 is 10.1 Å². The average molecular weight is 365 g/mol. The molecule has 138 valence electrons. The average Bonchev–Trinajstić information content (AvgIpc) is 3.05. The van der Waals surface area contributed by atoms with Crippen LogP contribution in [0.2, 0.25) is 0 Å². The Kier molecular flexibility index (Phi) is 7.62. The van der Waals surface area contributed by atoms with Crippen molar-refractivity contribution in [1.29, 1.82) is 0 Å². The van der Waals surface area contributed by atoms with Crippen LogP contribution in [0.25, 0.3) is 0 Å². The molecule has 6 heteroatoms. The molecule has 1 amide bonds. The van der Waals surface area contributed by atoms with Gasteiger partial charge in [-0.2, -0.15) is 0 Å². The Balaban J connectivity index is 1.66. The Labute approximate surface area is 153 Å². The normalized spacial score (nSPS) is 16.2. The highest BCUT2D eigenvalue weighted by Gasteiger charge is 2.20. The molecular formula is C19H27NO4S. The Hall–Kier alpha value is -1.69. The van der Waals surface area contributed by atoms with Crippen LogP contribution in [0.5, 0.6) is 0 Å². The summed E-state index contributed by atoms with van der Waals surface area (Å²) in [6.45, 7) is 4.15. The van der Waals surface area contributed by atoms with Gasteiger partial charge in [-0.1, -0.05) is 19.3 Å². The van der Waals surface area contributed by atoms with Gasteiger partial charge in [-0.05, 0) is 44.7 Å². The lowest BCUT2D eigenvalue weighted by molar-refractivity contribution is -0.154. The highest BCUT2D eigenvalue weighted by Crippen LogP contribution is 2.22. The number of amides is 1. The predicted molar refractivity (Wildman–Crippen MR) is 97.8 cm³/mol. The van der Waals surface area contributed by atoms with Crippen molar-refractivity contribution in [1.82, 2.24) is 5.32 Å². The second-order valence-corrected chi connectivity index (χ2v) is 8.00. The lowest BCUT2D eigenvalue weighted by atomic mass is 9.89. The van der Waals surface area contributed by atoms with Crippen LogP contribution in [-0.2, 0) is 14.3 Å². The van der Waals surface area contributed by atoms with Crippen LogP contribution < -0.4 is 5.32 Å². The van der Waals surface area contributed by atoms with Crippen LogP contribution in [0.3, 0.4) is 0 Å². The monoisotopic (exact) mass is 365 g/mol. The standard InChI is InChI=1S/C19H27NO4S/c1-13-8-10-17(25-13)16(21)9-11-18(22)24-14(2)19(23)20-12-15-6-4-3-5-7-15/h8,10,14-15H,3-7,9,11-12H2,1-2H3,(H,20,23)/t14-/m0/s1. The van der Waals surface area contributed by atoms with Gasteiger partial charge in [0, 0.05) is 17.8 Å². The number of thiophene rings is 1. The third kappa shape index (κ3) is 6.61. The number of ether oxygens (including phenoxy) is 1. The maximum Gasteiger partial charge on any atom is 0.307 e. The van der Waals surface area contributed by atoms with E-state index in [0.717, 1.165) is 17.7 Å². The zero-order valence-electron chi connectivity index (χ0n) is 15.0. The van der Waals surface area contributed by atoms with Crippen LogP contribution in [0.1, 0.15) is 66.4 Å². The number of carbonyl (C=O) groups excluding carboxylic acids is 3. The number of hydrogen-bond donors (Lipinski definition) is 1. The third-order valence-electron chi connectivity index (χ3n) is 4.54. The second kappa shape index (κ2) is 9.70. The molecule has 0 aliphatic heterocycles. The fourth-order valence-electron chi connectivity index (χ4n) is 3.01. The molecule has 0 unspecified atom stereocenters. The number of nitrogens with one attached hydrogen (secondary N) is 1. The van der Waals surface area contributed by atoms with E-state index in [-0.39, 0.29) is 24.5 Å². The van der Waals surface area contributed by atoms with Crippen molar-refractivity contribution in [3.8, 4) is 0 Å². The van der Waals surface area contributed by atoms with Gasteiger partial charge in [0.1, 0.15) is 0 Å². The van der Waals surface area contributed by atoms with Crippen molar-refractivity contribution < 1.29 is 19.1 Å². The topological polar surface area (TPSA) is 72.5 Å². The van der Waals surface area contributed by atoms with Gasteiger partial charge in [-0.25, -0.2) is 0 Å². The van der Waals surface area contributed by atoms with Gasteiger partial charge in [0.2, 0.25) is 0 Å². The summed E-state index contributed by atoms with van der Waals surface area (Å²) in [4.78, 5) is 37.6. The minimum atomic E-state index is -0.824. The number of rotatable bonds is 8. The van der Waals surface area contributed by atoms with E-state index in [2.05, 4.69) is 5.32 Å². The van der Waals surface area contributed by atoms with Crippen molar-refractivity contribution in [3.63, 3.8) is 0 Å². The minimum absolute atomic E-state index is 0.00394. The van der Waals surface area contributed by atoms with Gasteiger partial charge in [0.05, 0.1) is 11.3 Å². The first kappa shape index (κ1) is 19.6. The molecule has 1 aromatic heterocycles. The lowest BCUT2D eigenvalue weighted by Crippen LogP contribution is -2.38. The largest absolute Gasteiger partial charge is 0.453 e. The van der Waals surface area contributed by atoms with Crippen molar-refractivity contribution in [2.24, 2.45) is 5.92 Å². The summed E-state index contributed by atoms with van der Waals surface area (Å²) in [6.07, 6.45) is 5.31. The molecule has 1 aliphatic carbocycles. The summed E-state index contributed by atoms with van der Waals surface area (Å²) in [7, 11) is 0. The first-order valence-electron chi connectivity index (χ1n) is 9.02. The van der Waals surface area contributed by atoms with Crippen LogP contribution in [0, 0.1) is 12.8 Å². The molecule has 0 saturated heterocycles. The quantitative estimate of drug-likeness (QED) is 0.564. The molecule has 0 bridgehead atoms. The van der Waals surface area contributed by atoms with Gasteiger partial charge in [0.25, 0.3) is 5.91 Å². The molecule has 1 aromatic rings. The van der Waals surface area contributed by atoms with E-state index in [1.54, 1.807) is 13.0 Å². The number of hydrogen-bond acceptors (Lipinski definition) is 5. The fraction of sp³-hybridized carbons (Fsp3) is 0.632. The first-order valence-corrected chi connectivity index (χ1v) is 9.84. The molecule has 1 N–H and O–H groups in total. The molecule has 25 heavy (non-hydrogen) atoms. The zero-order valence-corrected chi connectivity index (χ0v) is 15.8. The molecule has 1 fully saturated rings. The molecule has 0 spiro atoms. The Morgan fingerprint density at radius 1 is 1.20 bits per heavy atom. The lowest BCUT2D eigenvalue weighted by Gasteiger charge is -2.22. The maximum absolute atomic E-state index is 12.0. The highest BCUT2D eigenvalue weighted by molar-refractivity contribution is 7.14. The fourth-order valence-corrected chi connectivity index (χ4v) is 3.85. The van der Waals surface area contributed by atoms with E-state index in [4.69, 9.17) is 4.74 Å². The summed E-state index contributed by atoms with van der Waals surface area (Å²) < 4.78 is 5.14.